The van der Waals surface area contributed by atoms with Gasteiger partial charge in [-0.15, -0.1) is 0 Å². The third-order valence-corrected chi connectivity index (χ3v) is 6.39. The van der Waals surface area contributed by atoms with Gasteiger partial charge in [0.2, 0.25) is 10.0 Å². The highest BCUT2D eigenvalue weighted by Crippen LogP contribution is 2.37. The van der Waals surface area contributed by atoms with E-state index in [1.54, 1.807) is 0 Å². The number of piperidine rings is 1. The number of halogens is 4. The van der Waals surface area contributed by atoms with Crippen LogP contribution in [0.25, 0.3) is 0 Å². The number of nitrogens with two attached hydrogens (primary N) is 1. The van der Waals surface area contributed by atoms with Crippen molar-refractivity contribution < 1.29 is 34.4 Å². The average molecular weight is 404 g/mol. The number of hydrogen-bond donors (Lipinski definition) is 1. The van der Waals surface area contributed by atoms with Gasteiger partial charge in [0.05, 0.1) is 11.4 Å². The van der Waals surface area contributed by atoms with Crippen LogP contribution in [0.4, 0.5) is 23.2 Å². The number of primary sulfonamides is 1. The highest BCUT2D eigenvalue weighted by Gasteiger charge is 2.48. The number of rotatable bonds is 4. The Kier molecular flexibility index (Phi) is 5.36. The van der Waals surface area contributed by atoms with Crippen LogP contribution in [0.3, 0.4) is 0 Å². The Hall–Kier alpha value is -1.40. The Bertz CT molecular complexity index is 845. The lowest BCUT2D eigenvalue weighted by atomic mass is 9.98. The van der Waals surface area contributed by atoms with E-state index < -0.39 is 36.1 Å². The second kappa shape index (κ2) is 6.72. The molecule has 6 nitrogen and oxygen atoms in total. The first-order valence-electron chi connectivity index (χ1n) is 7.17. The van der Waals surface area contributed by atoms with E-state index in [-0.39, 0.29) is 30.4 Å². The molecule has 12 heteroatoms. The molecule has 0 aliphatic carbocycles. The van der Waals surface area contributed by atoms with Crippen molar-refractivity contribution >= 4 is 25.5 Å². The molecule has 0 amide bonds. The highest BCUT2D eigenvalue weighted by atomic mass is 32.2. The molecule has 0 atom stereocenters. The Morgan fingerprint density at radius 2 is 1.68 bits per heavy atom. The maximum absolute atomic E-state index is 13.3. The zero-order valence-electron chi connectivity index (χ0n) is 12.8. The molecule has 0 saturated carbocycles. The third kappa shape index (κ3) is 4.61. The van der Waals surface area contributed by atoms with E-state index >= 15 is 0 Å². The Morgan fingerprint density at radius 3 is 2.16 bits per heavy atom. The average Bonchev–Trinajstić information content (AvgIpc) is 2.45. The van der Waals surface area contributed by atoms with Crippen LogP contribution in [0.15, 0.2) is 23.1 Å². The number of benzene rings is 1. The first-order chi connectivity index (χ1) is 11.3. The lowest BCUT2D eigenvalue weighted by molar-refractivity contribution is -0.0435. The van der Waals surface area contributed by atoms with Crippen molar-refractivity contribution in [2.24, 2.45) is 11.1 Å². The molecule has 1 saturated heterocycles. The van der Waals surface area contributed by atoms with E-state index in [0.29, 0.717) is 18.9 Å². The van der Waals surface area contributed by atoms with Gasteiger partial charge in [-0.2, -0.15) is 13.2 Å². The number of alkyl halides is 3. The molecule has 25 heavy (non-hydrogen) atoms. The van der Waals surface area contributed by atoms with Crippen molar-refractivity contribution in [1.29, 1.82) is 0 Å². The lowest BCUT2D eigenvalue weighted by Crippen LogP contribution is -2.38. The van der Waals surface area contributed by atoms with E-state index in [1.165, 1.54) is 4.90 Å². The van der Waals surface area contributed by atoms with Crippen LogP contribution in [0, 0.1) is 11.7 Å². The predicted molar refractivity (Wildman–Crippen MR) is 82.6 cm³/mol. The summed E-state index contributed by atoms with van der Waals surface area (Å²) in [5, 5.41) is 4.97. The van der Waals surface area contributed by atoms with Gasteiger partial charge in [0.1, 0.15) is 10.7 Å². The molecule has 1 aliphatic heterocycles. The molecule has 0 aromatic heterocycles. The summed E-state index contributed by atoms with van der Waals surface area (Å²) in [4.78, 5) is 0.224. The van der Waals surface area contributed by atoms with E-state index in [0.717, 1.165) is 12.1 Å². The molecule has 0 unspecified atom stereocenters. The van der Waals surface area contributed by atoms with Gasteiger partial charge in [-0.3, -0.25) is 0 Å². The summed E-state index contributed by atoms with van der Waals surface area (Å²) in [6.07, 6.45) is 0.610. The molecular formula is C13H16F4N2O4S2. The third-order valence-electron chi connectivity index (χ3n) is 3.94. The van der Waals surface area contributed by atoms with Crippen LogP contribution in [0.2, 0.25) is 0 Å². The molecular weight excluding hydrogens is 388 g/mol. The Balaban J connectivity index is 2.30. The minimum atomic E-state index is -5.72. The largest absolute Gasteiger partial charge is 0.501 e. The summed E-state index contributed by atoms with van der Waals surface area (Å²) >= 11 is 0. The molecule has 1 fully saturated rings. The molecule has 1 aromatic carbocycles. The number of sulfonamides is 1. The summed E-state index contributed by atoms with van der Waals surface area (Å²) in [7, 11) is -9.39. The molecule has 1 heterocycles. The van der Waals surface area contributed by atoms with Gasteiger partial charge in [0.25, 0.3) is 9.84 Å². The summed E-state index contributed by atoms with van der Waals surface area (Å²) in [5.74, 6) is -1.62. The van der Waals surface area contributed by atoms with Crippen LogP contribution in [0.1, 0.15) is 12.8 Å². The second-order valence-corrected chi connectivity index (χ2v) is 9.39. The lowest BCUT2D eigenvalue weighted by Gasteiger charge is -2.34. The highest BCUT2D eigenvalue weighted by molar-refractivity contribution is 7.92. The quantitative estimate of drug-likeness (QED) is 0.770. The molecule has 1 aliphatic rings. The first kappa shape index (κ1) is 19.9. The summed E-state index contributed by atoms with van der Waals surface area (Å²) in [5.41, 5.74) is -5.81. The topological polar surface area (TPSA) is 97.5 Å². The van der Waals surface area contributed by atoms with E-state index in [4.69, 9.17) is 5.14 Å². The van der Waals surface area contributed by atoms with Gasteiger partial charge in [0, 0.05) is 13.1 Å². The second-order valence-electron chi connectivity index (χ2n) is 5.82. The SMILES string of the molecule is NS(=O)(=O)CC1CCN(c2ccc(F)cc2S(=O)(=O)C(F)(F)F)CC1. The summed E-state index contributed by atoms with van der Waals surface area (Å²) in [6.45, 7) is 0.262. The van der Waals surface area contributed by atoms with Gasteiger partial charge < -0.3 is 4.90 Å². The van der Waals surface area contributed by atoms with Crippen molar-refractivity contribution in [3.63, 3.8) is 0 Å². The monoisotopic (exact) mass is 404 g/mol. The fourth-order valence-electron chi connectivity index (χ4n) is 2.76. The van der Waals surface area contributed by atoms with Crippen molar-refractivity contribution in [1.82, 2.24) is 0 Å². The van der Waals surface area contributed by atoms with Crippen LogP contribution in [0.5, 0.6) is 0 Å². The van der Waals surface area contributed by atoms with Gasteiger partial charge in [-0.05, 0) is 37.0 Å². The molecule has 1 aromatic rings. The minimum Gasteiger partial charge on any atom is -0.370 e. The number of sulfone groups is 1. The molecule has 2 rings (SSSR count). The van der Waals surface area contributed by atoms with Crippen molar-refractivity contribution in [3.8, 4) is 0 Å². The predicted octanol–water partition coefficient (Wildman–Crippen LogP) is 1.62. The van der Waals surface area contributed by atoms with Crippen LogP contribution in [-0.2, 0) is 19.9 Å². The molecule has 142 valence electrons. The van der Waals surface area contributed by atoms with Gasteiger partial charge >= 0.3 is 5.51 Å². The van der Waals surface area contributed by atoms with Crippen molar-refractivity contribution in [3.05, 3.63) is 24.0 Å². The fourth-order valence-corrected chi connectivity index (χ4v) is 4.74. The minimum absolute atomic E-state index is 0.131. The zero-order valence-corrected chi connectivity index (χ0v) is 14.5. The summed E-state index contributed by atoms with van der Waals surface area (Å²) < 4.78 is 97.5. The van der Waals surface area contributed by atoms with Crippen LogP contribution in [-0.4, -0.2) is 41.2 Å². The van der Waals surface area contributed by atoms with Crippen LogP contribution >= 0.6 is 0 Å². The van der Waals surface area contributed by atoms with E-state index in [9.17, 15) is 34.4 Å². The Morgan fingerprint density at radius 1 is 1.12 bits per heavy atom. The summed E-state index contributed by atoms with van der Waals surface area (Å²) in [6, 6.07) is 2.20. The molecule has 0 radical (unpaired) electrons. The zero-order chi connectivity index (χ0) is 19.0. The Labute approximate surface area is 142 Å². The number of hydrogen-bond acceptors (Lipinski definition) is 5. The smallest absolute Gasteiger partial charge is 0.370 e. The molecule has 0 spiro atoms. The number of anilines is 1. The van der Waals surface area contributed by atoms with Gasteiger partial charge in [0.15, 0.2) is 0 Å². The standard InChI is InChI=1S/C13H16F4N2O4S2/c14-10-1-2-11(12(7-10)25(22,23)13(15,16)17)19-5-3-9(4-6-19)8-24(18,20)21/h1-2,7,9H,3-6,8H2,(H2,18,20,21). The van der Waals surface area contributed by atoms with Crippen molar-refractivity contribution in [2.45, 2.75) is 23.2 Å². The number of nitrogens with zero attached hydrogens (tertiary/aromatic N) is 1. The maximum atomic E-state index is 13.3. The van der Waals surface area contributed by atoms with E-state index in [1.807, 2.05) is 0 Å². The fraction of sp³-hybridized carbons (Fsp3) is 0.538. The molecule has 2 N–H and O–H groups in total. The maximum Gasteiger partial charge on any atom is 0.501 e. The van der Waals surface area contributed by atoms with Crippen molar-refractivity contribution in [2.75, 3.05) is 23.7 Å². The van der Waals surface area contributed by atoms with Crippen LogP contribution < -0.4 is 10.0 Å². The molecule has 0 bridgehead atoms. The normalized spacial score (nSPS) is 17.7. The first-order valence-corrected chi connectivity index (χ1v) is 10.4. The van der Waals surface area contributed by atoms with Gasteiger partial charge in [-0.1, -0.05) is 0 Å². The van der Waals surface area contributed by atoms with E-state index in [2.05, 4.69) is 0 Å². The van der Waals surface area contributed by atoms with Gasteiger partial charge in [-0.25, -0.2) is 26.4 Å².